The number of hydrogen-bond acceptors (Lipinski definition) is 2. The highest BCUT2D eigenvalue weighted by Gasteiger charge is 2.06. The maximum Gasteiger partial charge on any atom is 0.258 e. The van der Waals surface area contributed by atoms with E-state index in [0.29, 0.717) is 27.4 Å². The molecule has 2 rings (SSSR count). The Bertz CT molecular complexity index is 647. The Labute approximate surface area is 137 Å². The van der Waals surface area contributed by atoms with Crippen molar-refractivity contribution < 1.29 is 9.53 Å². The summed E-state index contributed by atoms with van der Waals surface area (Å²) in [5.74, 6) is 0.235. The summed E-state index contributed by atoms with van der Waals surface area (Å²) in [5, 5.41) is 4.16. The second-order valence-corrected chi connectivity index (χ2v) is 5.45. The third-order valence-electron chi connectivity index (χ3n) is 2.69. The Hall–Kier alpha value is -1.42. The van der Waals surface area contributed by atoms with Crippen LogP contribution in [0.1, 0.15) is 5.56 Å². The molecule has 110 valence electrons. The maximum absolute atomic E-state index is 11.7. The Morgan fingerprint density at radius 3 is 2.48 bits per heavy atom. The topological polar surface area (TPSA) is 38.3 Å². The molecule has 0 atom stereocenters. The molecule has 0 aliphatic rings. The first kappa shape index (κ1) is 16.0. The molecule has 21 heavy (non-hydrogen) atoms. The predicted molar refractivity (Wildman–Crippen MR) is 85.3 cm³/mol. The smallest absolute Gasteiger partial charge is 0.258 e. The van der Waals surface area contributed by atoms with Crippen LogP contribution in [0.5, 0.6) is 5.75 Å². The fourth-order valence-corrected chi connectivity index (χ4v) is 2.09. The first-order valence-electron chi connectivity index (χ1n) is 6.14. The lowest BCUT2D eigenvalue weighted by Crippen LogP contribution is -2.28. The summed E-state index contributed by atoms with van der Waals surface area (Å²) < 4.78 is 5.33. The lowest BCUT2D eigenvalue weighted by atomic mass is 10.2. The predicted octanol–water partition coefficient (Wildman–Crippen LogP) is 4.34. The second kappa shape index (κ2) is 7.55. The van der Waals surface area contributed by atoms with Gasteiger partial charge in [0.1, 0.15) is 5.75 Å². The summed E-state index contributed by atoms with van der Waals surface area (Å²) in [5.41, 5.74) is 0.849. The summed E-state index contributed by atoms with van der Waals surface area (Å²) in [6.07, 6.45) is 0. The number of ether oxygens (including phenoxy) is 1. The molecule has 3 nitrogen and oxygen atoms in total. The van der Waals surface area contributed by atoms with E-state index < -0.39 is 0 Å². The number of carbonyl (C=O) groups is 1. The standard InChI is InChI=1S/C15H12Cl3NO2/c16-12-4-2-1-3-10(12)8-19-15(20)9-21-11-5-6-13(17)14(18)7-11/h1-7H,8-9H2,(H,19,20). The summed E-state index contributed by atoms with van der Waals surface area (Å²) in [4.78, 5) is 11.7. The van der Waals surface area contributed by atoms with Gasteiger partial charge in [0.15, 0.2) is 6.61 Å². The number of rotatable bonds is 5. The summed E-state index contributed by atoms with van der Waals surface area (Å²) in [6, 6.07) is 12.1. The van der Waals surface area contributed by atoms with E-state index in [0.717, 1.165) is 5.56 Å². The van der Waals surface area contributed by atoms with E-state index in [4.69, 9.17) is 39.5 Å². The Kier molecular flexibility index (Phi) is 5.74. The number of nitrogens with one attached hydrogen (secondary N) is 1. The average Bonchev–Trinajstić information content (AvgIpc) is 2.47. The molecule has 0 aliphatic heterocycles. The molecule has 0 bridgehead atoms. The second-order valence-electron chi connectivity index (χ2n) is 4.23. The van der Waals surface area contributed by atoms with Crippen molar-refractivity contribution in [1.29, 1.82) is 0 Å². The van der Waals surface area contributed by atoms with Crippen LogP contribution in [0.4, 0.5) is 0 Å². The van der Waals surface area contributed by atoms with Gasteiger partial charge in [-0.2, -0.15) is 0 Å². The zero-order valence-electron chi connectivity index (χ0n) is 10.9. The highest BCUT2D eigenvalue weighted by atomic mass is 35.5. The zero-order chi connectivity index (χ0) is 15.2. The van der Waals surface area contributed by atoms with Crippen molar-refractivity contribution in [3.63, 3.8) is 0 Å². The summed E-state index contributed by atoms with van der Waals surface area (Å²) >= 11 is 17.7. The zero-order valence-corrected chi connectivity index (χ0v) is 13.2. The van der Waals surface area contributed by atoms with Gasteiger partial charge in [-0.1, -0.05) is 53.0 Å². The van der Waals surface area contributed by atoms with Crippen LogP contribution in [0.3, 0.4) is 0 Å². The third-order valence-corrected chi connectivity index (χ3v) is 3.80. The number of amides is 1. The lowest BCUT2D eigenvalue weighted by molar-refractivity contribution is -0.123. The van der Waals surface area contributed by atoms with Gasteiger partial charge in [0.05, 0.1) is 10.0 Å². The molecule has 6 heteroatoms. The van der Waals surface area contributed by atoms with E-state index >= 15 is 0 Å². The average molecular weight is 345 g/mol. The van der Waals surface area contributed by atoms with E-state index in [2.05, 4.69) is 5.32 Å². The number of carbonyl (C=O) groups excluding carboxylic acids is 1. The molecule has 0 radical (unpaired) electrons. The van der Waals surface area contributed by atoms with Crippen molar-refractivity contribution in [3.8, 4) is 5.75 Å². The Balaban J connectivity index is 1.82. The minimum Gasteiger partial charge on any atom is -0.484 e. The molecule has 0 spiro atoms. The molecule has 0 aromatic heterocycles. The van der Waals surface area contributed by atoms with Gasteiger partial charge < -0.3 is 10.1 Å². The van der Waals surface area contributed by atoms with Crippen LogP contribution in [0.25, 0.3) is 0 Å². The summed E-state index contributed by atoms with van der Waals surface area (Å²) in [7, 11) is 0. The molecule has 0 unspecified atom stereocenters. The number of benzene rings is 2. The van der Waals surface area contributed by atoms with Crippen LogP contribution < -0.4 is 10.1 Å². The van der Waals surface area contributed by atoms with Gasteiger partial charge in [-0.05, 0) is 23.8 Å². The first-order valence-corrected chi connectivity index (χ1v) is 7.27. The van der Waals surface area contributed by atoms with Crippen molar-refractivity contribution in [3.05, 3.63) is 63.1 Å². The quantitative estimate of drug-likeness (QED) is 0.876. The van der Waals surface area contributed by atoms with Crippen LogP contribution in [-0.4, -0.2) is 12.5 Å². The first-order chi connectivity index (χ1) is 10.1. The molecule has 2 aromatic carbocycles. The van der Waals surface area contributed by atoms with Crippen molar-refractivity contribution >= 4 is 40.7 Å². The molecular weight excluding hydrogens is 333 g/mol. The van der Waals surface area contributed by atoms with Gasteiger partial charge >= 0.3 is 0 Å². The van der Waals surface area contributed by atoms with Crippen LogP contribution >= 0.6 is 34.8 Å². The monoisotopic (exact) mass is 343 g/mol. The van der Waals surface area contributed by atoms with Gasteiger partial charge in [0.2, 0.25) is 0 Å². The van der Waals surface area contributed by atoms with Crippen molar-refractivity contribution in [2.45, 2.75) is 6.54 Å². The van der Waals surface area contributed by atoms with Gasteiger partial charge in [-0.15, -0.1) is 0 Å². The number of halogens is 3. The lowest BCUT2D eigenvalue weighted by Gasteiger charge is -2.09. The van der Waals surface area contributed by atoms with E-state index in [-0.39, 0.29) is 12.5 Å². The molecule has 0 saturated carbocycles. The fraction of sp³-hybridized carbons (Fsp3) is 0.133. The summed E-state index contributed by atoms with van der Waals surface area (Å²) in [6.45, 7) is 0.242. The SMILES string of the molecule is O=C(COc1ccc(Cl)c(Cl)c1)NCc1ccccc1Cl. The highest BCUT2D eigenvalue weighted by molar-refractivity contribution is 6.42. The minimum absolute atomic E-state index is 0.109. The van der Waals surface area contributed by atoms with Crippen molar-refractivity contribution in [2.24, 2.45) is 0 Å². The van der Waals surface area contributed by atoms with Gasteiger partial charge in [0.25, 0.3) is 5.91 Å². The Morgan fingerprint density at radius 2 is 1.76 bits per heavy atom. The van der Waals surface area contributed by atoms with Gasteiger partial charge in [-0.25, -0.2) is 0 Å². The van der Waals surface area contributed by atoms with E-state index in [1.807, 2.05) is 18.2 Å². The third kappa shape index (κ3) is 4.81. The van der Waals surface area contributed by atoms with Crippen molar-refractivity contribution in [2.75, 3.05) is 6.61 Å². The van der Waals surface area contributed by atoms with Gasteiger partial charge in [0, 0.05) is 17.6 Å². The molecule has 0 aliphatic carbocycles. The molecular formula is C15H12Cl3NO2. The van der Waals surface area contributed by atoms with E-state index in [9.17, 15) is 4.79 Å². The van der Waals surface area contributed by atoms with E-state index in [1.165, 1.54) is 0 Å². The number of hydrogen-bond donors (Lipinski definition) is 1. The molecule has 1 amide bonds. The van der Waals surface area contributed by atoms with Crippen LogP contribution in [0.15, 0.2) is 42.5 Å². The van der Waals surface area contributed by atoms with Crippen molar-refractivity contribution in [1.82, 2.24) is 5.32 Å². The van der Waals surface area contributed by atoms with Crippen LogP contribution in [0.2, 0.25) is 15.1 Å². The molecule has 2 aromatic rings. The van der Waals surface area contributed by atoms with Gasteiger partial charge in [-0.3, -0.25) is 4.79 Å². The molecule has 1 N–H and O–H groups in total. The minimum atomic E-state index is -0.249. The molecule has 0 heterocycles. The molecule has 0 fully saturated rings. The maximum atomic E-state index is 11.7. The van der Waals surface area contributed by atoms with Crippen LogP contribution in [-0.2, 0) is 11.3 Å². The van der Waals surface area contributed by atoms with E-state index in [1.54, 1.807) is 24.3 Å². The highest BCUT2D eigenvalue weighted by Crippen LogP contribution is 2.26. The van der Waals surface area contributed by atoms with Crippen LogP contribution in [0, 0.1) is 0 Å². The largest absolute Gasteiger partial charge is 0.484 e. The molecule has 0 saturated heterocycles. The Morgan fingerprint density at radius 1 is 1.00 bits per heavy atom. The normalized spacial score (nSPS) is 10.2. The fourth-order valence-electron chi connectivity index (χ4n) is 1.60.